The van der Waals surface area contributed by atoms with Crippen molar-refractivity contribution in [3.8, 4) is 11.5 Å². The van der Waals surface area contributed by atoms with Crippen LogP contribution < -0.4 is 0 Å². The number of nitrogens with zero attached hydrogens (tertiary/aromatic N) is 3. The van der Waals surface area contributed by atoms with E-state index in [1.165, 1.54) is 0 Å². The average molecular weight is 273 g/mol. The number of rotatable bonds is 3. The van der Waals surface area contributed by atoms with Crippen molar-refractivity contribution in [2.45, 2.75) is 38.5 Å². The second-order valence-corrected chi connectivity index (χ2v) is 5.47. The summed E-state index contributed by atoms with van der Waals surface area (Å²) in [4.78, 5) is 8.93. The molecule has 3 rings (SSSR count). The highest BCUT2D eigenvalue weighted by Gasteiger charge is 2.21. The second-order valence-electron chi connectivity index (χ2n) is 5.47. The van der Waals surface area contributed by atoms with Crippen molar-refractivity contribution >= 4 is 0 Å². The zero-order valence-electron chi connectivity index (χ0n) is 11.9. The van der Waals surface area contributed by atoms with Crippen molar-refractivity contribution in [1.29, 1.82) is 0 Å². The molecule has 5 heteroatoms. The molecule has 3 heterocycles. The Balaban J connectivity index is 1.78. The third-order valence-electron chi connectivity index (χ3n) is 3.65. The molecule has 0 radical (unpaired) electrons. The van der Waals surface area contributed by atoms with Crippen LogP contribution in [0.15, 0.2) is 22.9 Å². The van der Waals surface area contributed by atoms with Gasteiger partial charge in [-0.25, -0.2) is 0 Å². The summed E-state index contributed by atoms with van der Waals surface area (Å²) in [5, 5.41) is 4.10. The van der Waals surface area contributed by atoms with E-state index in [9.17, 15) is 0 Å². The van der Waals surface area contributed by atoms with E-state index in [4.69, 9.17) is 9.26 Å². The van der Waals surface area contributed by atoms with Gasteiger partial charge in [0.1, 0.15) is 0 Å². The van der Waals surface area contributed by atoms with Crippen LogP contribution in [-0.2, 0) is 4.74 Å². The average Bonchev–Trinajstić information content (AvgIpc) is 2.98. The predicted molar refractivity (Wildman–Crippen MR) is 74.4 cm³/mol. The van der Waals surface area contributed by atoms with Gasteiger partial charge in [0, 0.05) is 31.0 Å². The summed E-state index contributed by atoms with van der Waals surface area (Å²) < 4.78 is 10.7. The van der Waals surface area contributed by atoms with Gasteiger partial charge >= 0.3 is 0 Å². The standard InChI is InChI=1S/C15H19N3O2/c1-10(2)13-4-3-12(9-16-13)15-17-14(18-20-15)11-5-7-19-8-6-11/h3-4,9-11H,5-8H2,1-2H3. The lowest BCUT2D eigenvalue weighted by atomic mass is 10.00. The van der Waals surface area contributed by atoms with Crippen molar-refractivity contribution in [2.75, 3.05) is 13.2 Å². The molecule has 0 N–H and O–H groups in total. The number of pyridine rings is 1. The van der Waals surface area contributed by atoms with E-state index in [0.29, 0.717) is 17.7 Å². The third-order valence-corrected chi connectivity index (χ3v) is 3.65. The maximum absolute atomic E-state index is 5.36. The van der Waals surface area contributed by atoms with Gasteiger partial charge in [0.2, 0.25) is 0 Å². The number of aromatic nitrogens is 3. The van der Waals surface area contributed by atoms with E-state index in [-0.39, 0.29) is 0 Å². The second kappa shape index (κ2) is 5.71. The van der Waals surface area contributed by atoms with Gasteiger partial charge in [-0.3, -0.25) is 4.98 Å². The maximum atomic E-state index is 5.36. The first kappa shape index (κ1) is 13.2. The zero-order valence-corrected chi connectivity index (χ0v) is 11.9. The topological polar surface area (TPSA) is 61.0 Å². The minimum Gasteiger partial charge on any atom is -0.381 e. The van der Waals surface area contributed by atoms with Crippen LogP contribution in [0, 0.1) is 0 Å². The largest absolute Gasteiger partial charge is 0.381 e. The van der Waals surface area contributed by atoms with Crippen LogP contribution in [0.3, 0.4) is 0 Å². The first-order valence-electron chi connectivity index (χ1n) is 7.11. The fourth-order valence-electron chi connectivity index (χ4n) is 2.35. The summed E-state index contributed by atoms with van der Waals surface area (Å²) in [5.74, 6) is 2.11. The molecule has 0 unspecified atom stereocenters. The van der Waals surface area contributed by atoms with Gasteiger partial charge < -0.3 is 9.26 Å². The Morgan fingerprint density at radius 3 is 2.65 bits per heavy atom. The maximum Gasteiger partial charge on any atom is 0.259 e. The van der Waals surface area contributed by atoms with Gasteiger partial charge in [-0.2, -0.15) is 4.98 Å². The molecule has 0 amide bonds. The van der Waals surface area contributed by atoms with E-state index >= 15 is 0 Å². The van der Waals surface area contributed by atoms with Crippen LogP contribution >= 0.6 is 0 Å². The van der Waals surface area contributed by atoms with Gasteiger partial charge in [-0.15, -0.1) is 0 Å². The SMILES string of the molecule is CC(C)c1ccc(-c2nc(C3CCOCC3)no2)cn1. The Hall–Kier alpha value is -1.75. The Labute approximate surface area is 118 Å². The summed E-state index contributed by atoms with van der Waals surface area (Å²) in [6.45, 7) is 5.80. The summed E-state index contributed by atoms with van der Waals surface area (Å²) >= 11 is 0. The summed E-state index contributed by atoms with van der Waals surface area (Å²) in [6, 6.07) is 4.00. The van der Waals surface area contributed by atoms with Crippen molar-refractivity contribution in [1.82, 2.24) is 15.1 Å². The Morgan fingerprint density at radius 1 is 1.20 bits per heavy atom. The van der Waals surface area contributed by atoms with Crippen LogP contribution in [0.5, 0.6) is 0 Å². The Bertz CT molecular complexity index is 557. The third kappa shape index (κ3) is 2.72. The molecule has 1 fully saturated rings. The lowest BCUT2D eigenvalue weighted by Gasteiger charge is -2.18. The molecule has 0 bridgehead atoms. The summed E-state index contributed by atoms with van der Waals surface area (Å²) in [7, 11) is 0. The molecule has 0 aromatic carbocycles. The molecule has 1 aliphatic rings. The van der Waals surface area contributed by atoms with Gasteiger partial charge in [0.05, 0.1) is 5.56 Å². The zero-order chi connectivity index (χ0) is 13.9. The minimum atomic E-state index is 0.351. The van der Waals surface area contributed by atoms with Crippen LogP contribution in [0.4, 0.5) is 0 Å². The molecular formula is C15H19N3O2. The molecule has 0 saturated carbocycles. The molecule has 0 aliphatic carbocycles. The summed E-state index contributed by atoms with van der Waals surface area (Å²) in [5.41, 5.74) is 1.94. The molecule has 5 nitrogen and oxygen atoms in total. The molecule has 1 aliphatic heterocycles. The monoisotopic (exact) mass is 273 g/mol. The lowest BCUT2D eigenvalue weighted by Crippen LogP contribution is -2.15. The van der Waals surface area contributed by atoms with E-state index in [2.05, 4.69) is 29.0 Å². The van der Waals surface area contributed by atoms with Crippen LogP contribution in [0.1, 0.15) is 50.0 Å². The highest BCUT2D eigenvalue weighted by Crippen LogP contribution is 2.27. The highest BCUT2D eigenvalue weighted by molar-refractivity contribution is 5.51. The van der Waals surface area contributed by atoms with Crippen LogP contribution in [-0.4, -0.2) is 28.3 Å². The number of hydrogen-bond acceptors (Lipinski definition) is 5. The van der Waals surface area contributed by atoms with E-state index in [1.807, 2.05) is 12.1 Å². The smallest absolute Gasteiger partial charge is 0.259 e. The van der Waals surface area contributed by atoms with Gasteiger partial charge in [-0.05, 0) is 30.9 Å². The fourth-order valence-corrected chi connectivity index (χ4v) is 2.35. The van der Waals surface area contributed by atoms with Crippen molar-refractivity contribution in [3.63, 3.8) is 0 Å². The molecular weight excluding hydrogens is 254 g/mol. The van der Waals surface area contributed by atoms with Crippen molar-refractivity contribution < 1.29 is 9.26 Å². The molecule has 20 heavy (non-hydrogen) atoms. The Morgan fingerprint density at radius 2 is 2.00 bits per heavy atom. The van der Waals surface area contributed by atoms with Crippen LogP contribution in [0.25, 0.3) is 11.5 Å². The summed E-state index contributed by atoms with van der Waals surface area (Å²) in [6.07, 6.45) is 3.73. The molecule has 106 valence electrons. The van der Waals surface area contributed by atoms with Gasteiger partial charge in [0.15, 0.2) is 5.82 Å². The molecule has 2 aromatic rings. The molecule has 1 saturated heterocycles. The van der Waals surface area contributed by atoms with Crippen molar-refractivity contribution in [3.05, 3.63) is 29.8 Å². The van der Waals surface area contributed by atoms with Crippen molar-refractivity contribution in [2.24, 2.45) is 0 Å². The fraction of sp³-hybridized carbons (Fsp3) is 0.533. The predicted octanol–water partition coefficient (Wildman–Crippen LogP) is 3.15. The molecule has 0 atom stereocenters. The minimum absolute atomic E-state index is 0.351. The normalized spacial score (nSPS) is 16.8. The van der Waals surface area contributed by atoms with Crippen LogP contribution in [0.2, 0.25) is 0 Å². The Kier molecular flexibility index (Phi) is 3.78. The first-order valence-corrected chi connectivity index (χ1v) is 7.11. The molecule has 2 aromatic heterocycles. The van der Waals surface area contributed by atoms with Gasteiger partial charge in [0.25, 0.3) is 5.89 Å². The number of ether oxygens (including phenoxy) is 1. The number of hydrogen-bond donors (Lipinski definition) is 0. The highest BCUT2D eigenvalue weighted by atomic mass is 16.5. The van der Waals surface area contributed by atoms with E-state index < -0.39 is 0 Å². The van der Waals surface area contributed by atoms with Gasteiger partial charge in [-0.1, -0.05) is 19.0 Å². The molecule has 0 spiro atoms. The first-order chi connectivity index (χ1) is 9.74. The van der Waals surface area contributed by atoms with E-state index in [1.54, 1.807) is 6.20 Å². The van der Waals surface area contributed by atoms with E-state index in [0.717, 1.165) is 43.1 Å². The quantitative estimate of drug-likeness (QED) is 0.859. The lowest BCUT2D eigenvalue weighted by molar-refractivity contribution is 0.0830.